The number of alkyl halides is 1. The van der Waals surface area contributed by atoms with Gasteiger partial charge in [0.1, 0.15) is 0 Å². The van der Waals surface area contributed by atoms with Crippen molar-refractivity contribution in [3.63, 3.8) is 0 Å². The minimum absolute atomic E-state index is 0.0181. The van der Waals surface area contributed by atoms with Gasteiger partial charge in [0.2, 0.25) is 0 Å². The molecule has 4 rings (SSSR count). The van der Waals surface area contributed by atoms with E-state index in [-0.39, 0.29) is 33.7 Å². The van der Waals surface area contributed by atoms with Gasteiger partial charge in [0.05, 0.1) is 5.33 Å². The Morgan fingerprint density at radius 2 is 1.96 bits per heavy atom. The largest absolute Gasteiger partial charge is 0.451 e. The third-order valence-electron chi connectivity index (χ3n) is 8.35. The lowest BCUT2D eigenvalue weighted by molar-refractivity contribution is -0.180. The summed E-state index contributed by atoms with van der Waals surface area (Å²) in [4.78, 5) is 36.9. The summed E-state index contributed by atoms with van der Waals surface area (Å²) in [6, 6.07) is 0. The smallest absolute Gasteiger partial charge is 0.303 e. The third kappa shape index (κ3) is 2.57. The van der Waals surface area contributed by atoms with Crippen molar-refractivity contribution in [1.29, 1.82) is 0 Å². The van der Waals surface area contributed by atoms with E-state index in [9.17, 15) is 14.4 Å². The summed E-state index contributed by atoms with van der Waals surface area (Å²) < 4.78 is 5.85. The van der Waals surface area contributed by atoms with Crippen LogP contribution in [0.5, 0.6) is 0 Å². The molecule has 0 heterocycles. The lowest BCUT2D eigenvalue weighted by Gasteiger charge is -2.55. The quantitative estimate of drug-likeness (QED) is 0.356. The van der Waals surface area contributed by atoms with Crippen molar-refractivity contribution < 1.29 is 19.1 Å². The molecule has 0 aliphatic heterocycles. The first kappa shape index (κ1) is 20.1. The molecule has 152 valence electrons. The maximum atomic E-state index is 13.0. The van der Waals surface area contributed by atoms with Crippen molar-refractivity contribution in [2.24, 2.45) is 22.7 Å². The summed E-state index contributed by atoms with van der Waals surface area (Å²) in [7, 11) is 0. The molecule has 0 aromatic heterocycles. The fourth-order valence-corrected chi connectivity index (χ4v) is 7.34. The van der Waals surface area contributed by atoms with Gasteiger partial charge in [-0.05, 0) is 56.4 Å². The van der Waals surface area contributed by atoms with Gasteiger partial charge < -0.3 is 4.74 Å². The second kappa shape index (κ2) is 6.65. The van der Waals surface area contributed by atoms with E-state index in [1.807, 2.05) is 6.08 Å². The minimum Gasteiger partial charge on any atom is -0.451 e. The van der Waals surface area contributed by atoms with Crippen LogP contribution in [-0.4, -0.2) is 28.5 Å². The Morgan fingerprint density at radius 3 is 2.64 bits per heavy atom. The first-order valence-corrected chi connectivity index (χ1v) is 11.5. The van der Waals surface area contributed by atoms with Gasteiger partial charge in [0, 0.05) is 24.2 Å². The van der Waals surface area contributed by atoms with Gasteiger partial charge in [-0.2, -0.15) is 0 Å². The molecular formula is C23H29BrO4. The monoisotopic (exact) mass is 448 g/mol. The van der Waals surface area contributed by atoms with Crippen LogP contribution in [0.3, 0.4) is 0 Å². The highest BCUT2D eigenvalue weighted by Crippen LogP contribution is 2.66. The topological polar surface area (TPSA) is 60.4 Å². The molecule has 0 saturated heterocycles. The molecule has 0 N–H and O–H groups in total. The van der Waals surface area contributed by atoms with Crippen molar-refractivity contribution in [3.05, 3.63) is 23.3 Å². The van der Waals surface area contributed by atoms with Crippen molar-refractivity contribution in [2.75, 3.05) is 5.33 Å². The molecule has 0 amide bonds. The molecular weight excluding hydrogens is 420 g/mol. The van der Waals surface area contributed by atoms with Gasteiger partial charge in [-0.15, -0.1) is 0 Å². The summed E-state index contributed by atoms with van der Waals surface area (Å²) in [6.45, 7) is 5.85. The number of ketones is 2. The van der Waals surface area contributed by atoms with E-state index in [1.165, 1.54) is 18.1 Å². The zero-order chi connectivity index (χ0) is 20.3. The van der Waals surface area contributed by atoms with Crippen LogP contribution in [0.4, 0.5) is 0 Å². The fraction of sp³-hybridized carbons (Fsp3) is 0.696. The van der Waals surface area contributed by atoms with E-state index in [0.29, 0.717) is 24.7 Å². The molecule has 5 atom stereocenters. The van der Waals surface area contributed by atoms with Gasteiger partial charge in [0.15, 0.2) is 17.2 Å². The van der Waals surface area contributed by atoms with Crippen molar-refractivity contribution >= 4 is 33.5 Å². The molecule has 0 unspecified atom stereocenters. The number of allylic oxidation sites excluding steroid dienone is 4. The molecule has 2 saturated carbocycles. The number of rotatable bonds is 3. The number of ether oxygens (including phenoxy) is 1. The Balaban J connectivity index is 1.77. The maximum Gasteiger partial charge on any atom is 0.303 e. The summed E-state index contributed by atoms with van der Waals surface area (Å²) in [6.07, 6.45) is 9.93. The lowest BCUT2D eigenvalue weighted by atomic mass is 9.50. The van der Waals surface area contributed by atoms with Gasteiger partial charge >= 0.3 is 5.97 Å². The van der Waals surface area contributed by atoms with E-state index in [2.05, 4.69) is 35.9 Å². The number of carbonyl (C=O) groups is 3. The van der Waals surface area contributed by atoms with Crippen LogP contribution in [-0.2, 0) is 19.1 Å². The Hall–Kier alpha value is -1.23. The first-order chi connectivity index (χ1) is 13.2. The average Bonchev–Trinajstić information content (AvgIpc) is 2.94. The SMILES string of the molecule is CC(=O)O[C@@]1(C(=O)CBr)CC[C@H]2[C@@H]3CCC4=CC(=O)CC[C@]4(C)C3=CC[C@@]21C. The minimum atomic E-state index is -1.03. The number of hydrogen-bond donors (Lipinski definition) is 0. The van der Waals surface area contributed by atoms with Crippen molar-refractivity contribution in [3.8, 4) is 0 Å². The van der Waals surface area contributed by atoms with Crippen LogP contribution in [0.15, 0.2) is 23.3 Å². The Labute approximate surface area is 175 Å². The number of esters is 1. The number of hydrogen-bond acceptors (Lipinski definition) is 4. The molecule has 5 heteroatoms. The zero-order valence-corrected chi connectivity index (χ0v) is 18.6. The molecule has 0 aromatic rings. The summed E-state index contributed by atoms with van der Waals surface area (Å²) in [5.41, 5.74) is 1.32. The number of Topliss-reactive ketones (excluding diaryl/α,β-unsaturated/α-hetero) is 1. The van der Waals surface area contributed by atoms with Gasteiger partial charge in [0.25, 0.3) is 0 Å². The highest BCUT2D eigenvalue weighted by Gasteiger charge is 2.66. The molecule has 2 fully saturated rings. The predicted molar refractivity (Wildman–Crippen MR) is 110 cm³/mol. The van der Waals surface area contributed by atoms with Crippen molar-refractivity contribution in [2.45, 2.75) is 71.3 Å². The maximum absolute atomic E-state index is 13.0. The first-order valence-electron chi connectivity index (χ1n) is 10.4. The molecule has 0 aromatic carbocycles. The van der Waals surface area contributed by atoms with Crippen LogP contribution in [0.1, 0.15) is 65.7 Å². The molecule has 0 spiro atoms. The summed E-state index contributed by atoms with van der Waals surface area (Å²) in [5, 5.41) is 0.205. The lowest BCUT2D eigenvalue weighted by Crippen LogP contribution is -2.57. The normalized spacial score (nSPS) is 41.9. The van der Waals surface area contributed by atoms with Gasteiger partial charge in [-0.25, -0.2) is 0 Å². The number of fused-ring (bicyclic) bond motifs is 5. The van der Waals surface area contributed by atoms with E-state index < -0.39 is 5.60 Å². The average molecular weight is 449 g/mol. The van der Waals surface area contributed by atoms with E-state index >= 15 is 0 Å². The summed E-state index contributed by atoms with van der Waals surface area (Å²) in [5.74, 6) is 0.582. The van der Waals surface area contributed by atoms with Gasteiger partial charge in [-0.3, -0.25) is 14.4 Å². The predicted octanol–water partition coefficient (Wildman–Crippen LogP) is 4.70. The zero-order valence-electron chi connectivity index (χ0n) is 17.0. The third-order valence-corrected chi connectivity index (χ3v) is 8.86. The van der Waals surface area contributed by atoms with E-state index in [1.54, 1.807) is 0 Å². The number of halogens is 1. The molecule has 4 aliphatic carbocycles. The van der Waals surface area contributed by atoms with Crippen LogP contribution >= 0.6 is 15.9 Å². The molecule has 4 aliphatic rings. The number of carbonyl (C=O) groups excluding carboxylic acids is 3. The molecule has 4 nitrogen and oxygen atoms in total. The highest BCUT2D eigenvalue weighted by atomic mass is 79.9. The van der Waals surface area contributed by atoms with E-state index in [0.717, 1.165) is 32.1 Å². The Bertz CT molecular complexity index is 811. The van der Waals surface area contributed by atoms with Crippen molar-refractivity contribution in [1.82, 2.24) is 0 Å². The highest BCUT2D eigenvalue weighted by molar-refractivity contribution is 9.09. The summed E-state index contributed by atoms with van der Waals surface area (Å²) >= 11 is 3.32. The molecule has 28 heavy (non-hydrogen) atoms. The van der Waals surface area contributed by atoms with Crippen LogP contribution in [0.25, 0.3) is 0 Å². The second-order valence-electron chi connectivity index (χ2n) is 9.52. The Morgan fingerprint density at radius 1 is 1.21 bits per heavy atom. The van der Waals surface area contributed by atoms with E-state index in [4.69, 9.17) is 4.74 Å². The molecule has 0 bridgehead atoms. The Kier molecular flexibility index (Phi) is 4.76. The van der Waals surface area contributed by atoms with Gasteiger partial charge in [-0.1, -0.05) is 47.0 Å². The van der Waals surface area contributed by atoms with Crippen LogP contribution in [0.2, 0.25) is 0 Å². The fourth-order valence-electron chi connectivity index (χ4n) is 6.89. The second-order valence-corrected chi connectivity index (χ2v) is 10.1. The molecule has 0 radical (unpaired) electrons. The van der Waals surface area contributed by atoms with Crippen LogP contribution in [0, 0.1) is 22.7 Å². The van der Waals surface area contributed by atoms with Crippen LogP contribution < -0.4 is 0 Å². The standard InChI is InChI=1S/C23H29BrO4/c1-14(25)28-23(20(27)13-24)11-8-19-17-5-4-15-12-16(26)6-9-21(15,2)18(17)7-10-22(19,23)3/h7,12,17,19H,4-6,8-11,13H2,1-3H3/t17-,19+,21+,22+,23-/m1/s1.